The van der Waals surface area contributed by atoms with Crippen LogP contribution >= 0.6 is 11.3 Å². The zero-order chi connectivity index (χ0) is 15.4. The topological polar surface area (TPSA) is 42.7 Å². The first-order valence-corrected chi connectivity index (χ1v) is 8.98. The SMILES string of the molecule is Cc1nnc2n1-c1sc3c(c1C(c1ccccc1)NC2)CCC3. The van der Waals surface area contributed by atoms with Gasteiger partial charge in [0.25, 0.3) is 0 Å². The van der Waals surface area contributed by atoms with Gasteiger partial charge in [0.2, 0.25) is 0 Å². The van der Waals surface area contributed by atoms with E-state index in [0.717, 1.165) is 18.2 Å². The van der Waals surface area contributed by atoms with E-state index in [1.165, 1.54) is 35.4 Å². The number of benzene rings is 1. The zero-order valence-corrected chi connectivity index (χ0v) is 13.9. The number of fused-ring (bicyclic) bond motifs is 5. The molecule has 4 nitrogen and oxygen atoms in total. The molecule has 1 unspecified atom stereocenters. The van der Waals surface area contributed by atoms with Gasteiger partial charge in [0.1, 0.15) is 10.8 Å². The lowest BCUT2D eigenvalue weighted by molar-refractivity contribution is 0.595. The Morgan fingerprint density at radius 3 is 2.91 bits per heavy atom. The van der Waals surface area contributed by atoms with E-state index in [9.17, 15) is 0 Å². The first kappa shape index (κ1) is 13.5. The van der Waals surface area contributed by atoms with E-state index < -0.39 is 0 Å². The van der Waals surface area contributed by atoms with Crippen LogP contribution in [0.5, 0.6) is 0 Å². The Labute approximate surface area is 139 Å². The maximum absolute atomic E-state index is 4.38. The highest BCUT2D eigenvalue weighted by molar-refractivity contribution is 7.15. The van der Waals surface area contributed by atoms with Crippen molar-refractivity contribution in [3.63, 3.8) is 0 Å². The van der Waals surface area contributed by atoms with Crippen molar-refractivity contribution < 1.29 is 0 Å². The second-order valence-corrected chi connectivity index (χ2v) is 7.38. The molecule has 1 N–H and O–H groups in total. The molecule has 1 aliphatic carbocycles. The highest BCUT2D eigenvalue weighted by atomic mass is 32.1. The molecule has 0 bridgehead atoms. The van der Waals surface area contributed by atoms with Gasteiger partial charge >= 0.3 is 0 Å². The van der Waals surface area contributed by atoms with Gasteiger partial charge in [0.15, 0.2) is 5.82 Å². The van der Waals surface area contributed by atoms with Gasteiger partial charge in [-0.15, -0.1) is 21.5 Å². The predicted octanol–water partition coefficient (Wildman–Crippen LogP) is 3.32. The maximum atomic E-state index is 4.38. The van der Waals surface area contributed by atoms with E-state index >= 15 is 0 Å². The first-order valence-electron chi connectivity index (χ1n) is 8.17. The number of thiophene rings is 1. The average molecular weight is 322 g/mol. The van der Waals surface area contributed by atoms with Crippen LogP contribution in [0.25, 0.3) is 5.00 Å². The Morgan fingerprint density at radius 1 is 1.17 bits per heavy atom. The number of nitrogens with zero attached hydrogens (tertiary/aromatic N) is 3. The largest absolute Gasteiger partial charge is 0.299 e. The summed E-state index contributed by atoms with van der Waals surface area (Å²) in [6.45, 7) is 2.80. The summed E-state index contributed by atoms with van der Waals surface area (Å²) in [4.78, 5) is 1.55. The quantitative estimate of drug-likeness (QED) is 0.747. The summed E-state index contributed by atoms with van der Waals surface area (Å²) in [6, 6.07) is 11.0. The van der Waals surface area contributed by atoms with Crippen molar-refractivity contribution in [3.8, 4) is 5.00 Å². The van der Waals surface area contributed by atoms with Crippen LogP contribution in [-0.4, -0.2) is 14.8 Å². The van der Waals surface area contributed by atoms with E-state index in [1.54, 1.807) is 10.4 Å². The number of aromatic nitrogens is 3. The smallest absolute Gasteiger partial charge is 0.152 e. The van der Waals surface area contributed by atoms with E-state index in [0.29, 0.717) is 0 Å². The molecule has 0 amide bonds. The normalized spacial score (nSPS) is 19.1. The molecule has 5 rings (SSSR count). The van der Waals surface area contributed by atoms with Crippen LogP contribution in [0.15, 0.2) is 30.3 Å². The number of rotatable bonds is 1. The lowest BCUT2D eigenvalue weighted by Gasteiger charge is -2.19. The average Bonchev–Trinajstić information content (AvgIpc) is 3.22. The number of aryl methyl sites for hydroxylation is 2. The summed E-state index contributed by atoms with van der Waals surface area (Å²) in [6.07, 6.45) is 3.69. The van der Waals surface area contributed by atoms with Crippen molar-refractivity contribution in [2.24, 2.45) is 0 Å². The van der Waals surface area contributed by atoms with Gasteiger partial charge in [-0.1, -0.05) is 30.3 Å². The Hall–Kier alpha value is -1.98. The molecule has 0 saturated heterocycles. The Balaban J connectivity index is 1.78. The Kier molecular flexibility index (Phi) is 2.93. The van der Waals surface area contributed by atoms with Gasteiger partial charge < -0.3 is 0 Å². The third-order valence-corrected chi connectivity index (χ3v) is 6.22. The van der Waals surface area contributed by atoms with Gasteiger partial charge in [0, 0.05) is 10.4 Å². The molecule has 0 fully saturated rings. The molecular weight excluding hydrogens is 304 g/mol. The lowest BCUT2D eigenvalue weighted by atomic mass is 9.96. The number of nitrogens with one attached hydrogen (secondary N) is 1. The van der Waals surface area contributed by atoms with Gasteiger partial charge in [-0.3, -0.25) is 9.88 Å². The molecule has 3 heterocycles. The molecule has 2 aliphatic rings. The van der Waals surface area contributed by atoms with Crippen molar-refractivity contribution in [2.45, 2.75) is 38.8 Å². The minimum absolute atomic E-state index is 0.241. The van der Waals surface area contributed by atoms with Gasteiger partial charge in [-0.05, 0) is 37.3 Å². The standard InChI is InChI=1S/C18H18N4S/c1-11-20-21-15-10-19-17(12-6-3-2-4-7-12)16-13-8-5-9-14(13)23-18(16)22(11)15/h2-4,6-7,17,19H,5,8-10H2,1H3. The van der Waals surface area contributed by atoms with Crippen LogP contribution in [0.3, 0.4) is 0 Å². The van der Waals surface area contributed by atoms with Crippen molar-refractivity contribution in [2.75, 3.05) is 0 Å². The highest BCUT2D eigenvalue weighted by Crippen LogP contribution is 2.44. The minimum atomic E-state index is 0.241. The summed E-state index contributed by atoms with van der Waals surface area (Å²) in [5.41, 5.74) is 4.35. The van der Waals surface area contributed by atoms with E-state index in [1.807, 2.05) is 18.3 Å². The molecule has 1 aliphatic heterocycles. The Bertz CT molecular complexity index is 878. The molecule has 0 saturated carbocycles. The summed E-state index contributed by atoms with van der Waals surface area (Å²) in [5, 5.41) is 13.7. The summed E-state index contributed by atoms with van der Waals surface area (Å²) in [5.74, 6) is 2.00. The molecule has 23 heavy (non-hydrogen) atoms. The minimum Gasteiger partial charge on any atom is -0.299 e. The summed E-state index contributed by atoms with van der Waals surface area (Å²) < 4.78 is 2.26. The van der Waals surface area contributed by atoms with Crippen LogP contribution < -0.4 is 5.32 Å². The molecule has 0 spiro atoms. The Morgan fingerprint density at radius 2 is 2.04 bits per heavy atom. The molecule has 3 aromatic rings. The fourth-order valence-electron chi connectivity index (χ4n) is 3.89. The van der Waals surface area contributed by atoms with Gasteiger partial charge in [-0.25, -0.2) is 0 Å². The molecule has 116 valence electrons. The molecule has 5 heteroatoms. The van der Waals surface area contributed by atoms with Crippen LogP contribution in [0.2, 0.25) is 0 Å². The van der Waals surface area contributed by atoms with Crippen molar-refractivity contribution >= 4 is 11.3 Å². The van der Waals surface area contributed by atoms with E-state index in [2.05, 4.69) is 50.4 Å². The van der Waals surface area contributed by atoms with Gasteiger partial charge in [0.05, 0.1) is 12.6 Å². The third kappa shape index (κ3) is 1.93. The van der Waals surface area contributed by atoms with Crippen molar-refractivity contribution in [3.05, 3.63) is 63.5 Å². The van der Waals surface area contributed by atoms with Crippen LogP contribution in [0, 0.1) is 6.92 Å². The molecule has 1 aromatic carbocycles. The monoisotopic (exact) mass is 322 g/mol. The summed E-state index contributed by atoms with van der Waals surface area (Å²) in [7, 11) is 0. The highest BCUT2D eigenvalue weighted by Gasteiger charge is 2.32. The molecule has 1 atom stereocenters. The lowest BCUT2D eigenvalue weighted by Crippen LogP contribution is -2.21. The van der Waals surface area contributed by atoms with Crippen LogP contribution in [0.1, 0.15) is 45.7 Å². The summed E-state index contributed by atoms with van der Waals surface area (Å²) >= 11 is 1.94. The maximum Gasteiger partial charge on any atom is 0.152 e. The second kappa shape index (κ2) is 5.01. The number of hydrogen-bond acceptors (Lipinski definition) is 4. The number of hydrogen-bond donors (Lipinski definition) is 1. The van der Waals surface area contributed by atoms with Gasteiger partial charge in [-0.2, -0.15) is 0 Å². The third-order valence-electron chi connectivity index (χ3n) is 4.92. The van der Waals surface area contributed by atoms with Crippen LogP contribution in [0.4, 0.5) is 0 Å². The molecule has 2 aromatic heterocycles. The van der Waals surface area contributed by atoms with Crippen molar-refractivity contribution in [1.29, 1.82) is 0 Å². The molecular formula is C18H18N4S. The fourth-order valence-corrected chi connectivity index (χ4v) is 5.38. The van der Waals surface area contributed by atoms with E-state index in [4.69, 9.17) is 0 Å². The predicted molar refractivity (Wildman–Crippen MR) is 91.1 cm³/mol. The van der Waals surface area contributed by atoms with E-state index in [-0.39, 0.29) is 6.04 Å². The zero-order valence-electron chi connectivity index (χ0n) is 13.0. The first-order chi connectivity index (χ1) is 11.3. The fraction of sp³-hybridized carbons (Fsp3) is 0.333. The molecule has 0 radical (unpaired) electrons. The second-order valence-electron chi connectivity index (χ2n) is 6.30. The van der Waals surface area contributed by atoms with Crippen LogP contribution in [-0.2, 0) is 19.4 Å². The van der Waals surface area contributed by atoms with Crippen molar-refractivity contribution in [1.82, 2.24) is 20.1 Å².